The zero-order valence-electron chi connectivity index (χ0n) is 25.3. The molecule has 0 atom stereocenters. The summed E-state index contributed by atoms with van der Waals surface area (Å²) >= 11 is 0. The molecule has 0 saturated heterocycles. The quantitative estimate of drug-likeness (QED) is 0.197. The van der Waals surface area contributed by atoms with Crippen LogP contribution in [0.25, 0.3) is 23.0 Å². The molecule has 3 aromatic carbocycles. The van der Waals surface area contributed by atoms with Gasteiger partial charge in [-0.2, -0.15) is 10.4 Å². The Bertz CT molecular complexity index is 1970. The molecular formula is C34H31N5O5S. The van der Waals surface area contributed by atoms with Crippen LogP contribution in [0, 0.1) is 11.3 Å². The number of hydrogen-bond donors (Lipinski definition) is 0. The lowest BCUT2D eigenvalue weighted by molar-refractivity contribution is -0.140. The first-order chi connectivity index (χ1) is 21.5. The molecule has 0 spiro atoms. The maximum atomic E-state index is 13.9. The molecule has 45 heavy (non-hydrogen) atoms. The van der Waals surface area contributed by atoms with Gasteiger partial charge >= 0.3 is 0 Å². The van der Waals surface area contributed by atoms with Crippen LogP contribution in [0.1, 0.15) is 18.1 Å². The Kier molecular flexibility index (Phi) is 8.81. The summed E-state index contributed by atoms with van der Waals surface area (Å²) in [7, 11) is 0.865. The van der Waals surface area contributed by atoms with E-state index in [1.54, 1.807) is 55.3 Å². The number of ether oxygens (including phenoxy) is 1. The highest BCUT2D eigenvalue weighted by molar-refractivity contribution is 7.89. The molecule has 0 saturated carbocycles. The molecule has 0 aliphatic carbocycles. The predicted molar refractivity (Wildman–Crippen MR) is 170 cm³/mol. The second-order valence-electron chi connectivity index (χ2n) is 10.6. The van der Waals surface area contributed by atoms with Gasteiger partial charge in [0.1, 0.15) is 17.4 Å². The average Bonchev–Trinajstić information content (AvgIpc) is 3.48. The normalized spacial score (nSPS) is 14.8. The van der Waals surface area contributed by atoms with Gasteiger partial charge in [-0.25, -0.2) is 17.4 Å². The number of benzene rings is 3. The molecule has 1 aliphatic heterocycles. The number of nitriles is 1. The van der Waals surface area contributed by atoms with Gasteiger partial charge in [0.05, 0.1) is 23.4 Å². The Morgan fingerprint density at radius 2 is 1.62 bits per heavy atom. The van der Waals surface area contributed by atoms with Crippen LogP contribution in [0.4, 0.5) is 0 Å². The van der Waals surface area contributed by atoms with Gasteiger partial charge in [0.2, 0.25) is 10.0 Å². The summed E-state index contributed by atoms with van der Waals surface area (Å²) in [6, 6.07) is 25.0. The Morgan fingerprint density at radius 1 is 0.956 bits per heavy atom. The van der Waals surface area contributed by atoms with Crippen LogP contribution < -0.4 is 4.74 Å². The van der Waals surface area contributed by atoms with Gasteiger partial charge < -0.3 is 4.74 Å². The monoisotopic (exact) mass is 621 g/mol. The number of nitrogens with zero attached hydrogens (tertiary/aromatic N) is 5. The van der Waals surface area contributed by atoms with E-state index in [4.69, 9.17) is 9.84 Å². The molecule has 0 radical (unpaired) electrons. The van der Waals surface area contributed by atoms with E-state index in [0.717, 1.165) is 20.5 Å². The minimum atomic E-state index is -3.64. The Morgan fingerprint density at radius 3 is 2.22 bits per heavy atom. The molecule has 2 amide bonds. The van der Waals surface area contributed by atoms with Gasteiger partial charge in [0, 0.05) is 43.5 Å². The summed E-state index contributed by atoms with van der Waals surface area (Å²) in [4.78, 5) is 28.3. The second-order valence-corrected chi connectivity index (χ2v) is 12.7. The van der Waals surface area contributed by atoms with E-state index >= 15 is 0 Å². The lowest BCUT2D eigenvalue weighted by Crippen LogP contribution is -2.43. The molecule has 0 unspecified atom stereocenters. The van der Waals surface area contributed by atoms with Crippen molar-refractivity contribution in [3.63, 3.8) is 0 Å². The highest BCUT2D eigenvalue weighted by Crippen LogP contribution is 2.32. The van der Waals surface area contributed by atoms with Crippen molar-refractivity contribution in [2.24, 2.45) is 0 Å². The van der Waals surface area contributed by atoms with Crippen LogP contribution in [0.15, 0.2) is 107 Å². The number of carbonyl (C=O) groups excluding carboxylic acids is 2. The first kappa shape index (κ1) is 31.1. The van der Waals surface area contributed by atoms with Crippen molar-refractivity contribution in [3.8, 4) is 28.8 Å². The van der Waals surface area contributed by atoms with Crippen molar-refractivity contribution in [1.29, 1.82) is 5.26 Å². The van der Waals surface area contributed by atoms with Crippen molar-refractivity contribution in [3.05, 3.63) is 113 Å². The standard InChI is InChI=1S/C34H31N5O5S/c1-23-30(33(40)38(34(41)31(23)21-35)19-18-24-10-14-28(44-4)15-11-24)20-26-22-39(27-8-6-5-7-9-27)36-32(26)25-12-16-29(17-13-25)45(42,43)37(2)3/h5-17,20,22H,18-19H2,1-4H3/b30-20+. The van der Waals surface area contributed by atoms with Crippen LogP contribution >= 0.6 is 0 Å². The Hall–Kier alpha value is -5.31. The number of carbonyl (C=O) groups is 2. The van der Waals surface area contributed by atoms with Gasteiger partial charge in [-0.05, 0) is 67.0 Å². The molecule has 1 aromatic heterocycles. The van der Waals surface area contributed by atoms with Gasteiger partial charge in [-0.15, -0.1) is 0 Å². The summed E-state index contributed by atoms with van der Waals surface area (Å²) in [5, 5.41) is 14.7. The van der Waals surface area contributed by atoms with Crippen LogP contribution in [0.3, 0.4) is 0 Å². The number of para-hydroxylation sites is 1. The van der Waals surface area contributed by atoms with Gasteiger partial charge in [-0.1, -0.05) is 42.5 Å². The first-order valence-electron chi connectivity index (χ1n) is 14.1. The maximum Gasteiger partial charge on any atom is 0.271 e. The van der Waals surface area contributed by atoms with Crippen molar-refractivity contribution in [2.45, 2.75) is 18.2 Å². The number of rotatable bonds is 9. The van der Waals surface area contributed by atoms with Crippen molar-refractivity contribution in [2.75, 3.05) is 27.7 Å². The van der Waals surface area contributed by atoms with E-state index < -0.39 is 21.8 Å². The fourth-order valence-corrected chi connectivity index (χ4v) is 5.85. The lowest BCUT2D eigenvalue weighted by atomic mass is 9.93. The zero-order chi connectivity index (χ0) is 32.3. The average molecular weight is 622 g/mol. The minimum absolute atomic E-state index is 0.0811. The van der Waals surface area contributed by atoms with Crippen LogP contribution in [-0.4, -0.2) is 67.0 Å². The topological polar surface area (TPSA) is 126 Å². The van der Waals surface area contributed by atoms with Crippen LogP contribution in [0.5, 0.6) is 5.75 Å². The third-order valence-corrected chi connectivity index (χ3v) is 9.41. The summed E-state index contributed by atoms with van der Waals surface area (Å²) in [6.07, 6.45) is 3.78. The van der Waals surface area contributed by atoms with Crippen molar-refractivity contribution in [1.82, 2.24) is 19.0 Å². The van der Waals surface area contributed by atoms with E-state index in [1.807, 2.05) is 48.5 Å². The molecule has 0 fully saturated rings. The predicted octanol–water partition coefficient (Wildman–Crippen LogP) is 4.63. The molecule has 4 aromatic rings. The smallest absolute Gasteiger partial charge is 0.271 e. The molecule has 10 nitrogen and oxygen atoms in total. The number of amides is 2. The highest BCUT2D eigenvalue weighted by Gasteiger charge is 2.35. The molecule has 0 N–H and O–H groups in total. The number of methoxy groups -OCH3 is 1. The molecule has 11 heteroatoms. The van der Waals surface area contributed by atoms with Crippen molar-refractivity contribution >= 4 is 27.9 Å². The van der Waals surface area contributed by atoms with Gasteiger partial charge in [0.25, 0.3) is 11.8 Å². The molecule has 5 rings (SSSR count). The van der Waals surface area contributed by atoms with Crippen LogP contribution in [-0.2, 0) is 26.0 Å². The van der Waals surface area contributed by atoms with E-state index in [0.29, 0.717) is 29.0 Å². The third kappa shape index (κ3) is 6.20. The van der Waals surface area contributed by atoms with Crippen molar-refractivity contribution < 1.29 is 22.7 Å². The molecule has 0 bridgehead atoms. The van der Waals surface area contributed by atoms with E-state index in [1.165, 1.54) is 26.2 Å². The SMILES string of the molecule is COc1ccc(CCN2C(=O)C(C#N)=C(C)/C(=C\c3cn(-c4ccccc4)nc3-c3ccc(S(=O)(=O)N(C)C)cc3)C2=O)cc1. The second kappa shape index (κ2) is 12.7. The molecule has 2 heterocycles. The molecule has 1 aliphatic rings. The summed E-state index contributed by atoms with van der Waals surface area (Å²) in [5.74, 6) is -0.459. The van der Waals surface area contributed by atoms with E-state index in [-0.39, 0.29) is 28.2 Å². The highest BCUT2D eigenvalue weighted by atomic mass is 32.2. The van der Waals surface area contributed by atoms with Gasteiger partial charge in [0.15, 0.2) is 0 Å². The zero-order valence-corrected chi connectivity index (χ0v) is 26.1. The number of imide groups is 1. The first-order valence-corrected chi connectivity index (χ1v) is 15.5. The Labute approximate surface area is 262 Å². The lowest BCUT2D eigenvalue weighted by Gasteiger charge is -2.27. The van der Waals surface area contributed by atoms with Crippen LogP contribution in [0.2, 0.25) is 0 Å². The fourth-order valence-electron chi connectivity index (χ4n) is 4.95. The third-order valence-electron chi connectivity index (χ3n) is 7.58. The summed E-state index contributed by atoms with van der Waals surface area (Å²) < 4.78 is 33.3. The number of aromatic nitrogens is 2. The Balaban J connectivity index is 1.58. The fraction of sp³-hybridized carbons (Fsp3) is 0.176. The number of hydrogen-bond acceptors (Lipinski definition) is 7. The van der Waals surface area contributed by atoms with E-state index in [2.05, 4.69) is 0 Å². The van der Waals surface area contributed by atoms with E-state index in [9.17, 15) is 23.3 Å². The largest absolute Gasteiger partial charge is 0.497 e. The maximum absolute atomic E-state index is 13.9. The molecule has 228 valence electrons. The summed E-state index contributed by atoms with van der Waals surface area (Å²) in [6.45, 7) is 1.67. The molecular weight excluding hydrogens is 590 g/mol. The number of sulfonamides is 1. The summed E-state index contributed by atoms with van der Waals surface area (Å²) in [5.41, 5.74) is 3.69. The van der Waals surface area contributed by atoms with Gasteiger partial charge in [-0.3, -0.25) is 14.5 Å². The minimum Gasteiger partial charge on any atom is -0.497 e.